The molecule has 0 aliphatic heterocycles. The lowest BCUT2D eigenvalue weighted by Gasteiger charge is -2.13. The van der Waals surface area contributed by atoms with Gasteiger partial charge in [0.15, 0.2) is 0 Å². The first-order chi connectivity index (χ1) is 9.13. The number of carbonyl (C=O) groups is 1. The molecule has 0 bridgehead atoms. The fraction of sp³-hybridized carbons (Fsp3) is 0.214. The van der Waals surface area contributed by atoms with E-state index in [0.717, 1.165) is 5.69 Å². The van der Waals surface area contributed by atoms with E-state index >= 15 is 0 Å². The molecule has 2 rings (SSSR count). The van der Waals surface area contributed by atoms with Gasteiger partial charge in [-0.2, -0.15) is 5.10 Å². The molecule has 0 aliphatic rings. The lowest BCUT2D eigenvalue weighted by atomic mass is 10.1. The third kappa shape index (κ3) is 2.70. The number of hydrogen-bond donors (Lipinski definition) is 1. The van der Waals surface area contributed by atoms with Crippen LogP contribution in [0, 0.1) is 0 Å². The van der Waals surface area contributed by atoms with Crippen LogP contribution in [0.1, 0.15) is 18.2 Å². The minimum Gasteiger partial charge on any atom is -0.481 e. The smallest absolute Gasteiger partial charge is 0.308 e. The van der Waals surface area contributed by atoms with Crippen LogP contribution in [0.25, 0.3) is 5.69 Å². The Bertz CT molecular complexity index is 647. The molecule has 0 saturated heterocycles. The molecule has 0 atom stereocenters. The van der Waals surface area contributed by atoms with E-state index in [1.54, 1.807) is 4.68 Å². The highest BCUT2D eigenvalue weighted by Crippen LogP contribution is 2.12. The summed E-state index contributed by atoms with van der Waals surface area (Å²) >= 11 is 0. The Morgan fingerprint density at radius 1 is 1.32 bits per heavy atom. The number of para-hydroxylation sites is 1. The van der Waals surface area contributed by atoms with Crippen molar-refractivity contribution in [3.8, 4) is 5.69 Å². The van der Waals surface area contributed by atoms with Gasteiger partial charge in [-0.3, -0.25) is 9.59 Å². The molecule has 5 nitrogen and oxygen atoms in total. The summed E-state index contributed by atoms with van der Waals surface area (Å²) < 4.78 is 1.62. The van der Waals surface area contributed by atoms with Gasteiger partial charge in [0.05, 0.1) is 24.0 Å². The second-order valence-electron chi connectivity index (χ2n) is 4.11. The monoisotopic (exact) mass is 258 g/mol. The Labute approximate surface area is 110 Å². The molecule has 0 aliphatic carbocycles. The molecule has 98 valence electrons. The summed E-state index contributed by atoms with van der Waals surface area (Å²) in [5, 5.41) is 13.0. The second kappa shape index (κ2) is 5.48. The Morgan fingerprint density at radius 2 is 2.00 bits per heavy atom. The summed E-state index contributed by atoms with van der Waals surface area (Å²) in [6.45, 7) is 1.88. The Kier molecular flexibility index (Phi) is 3.75. The second-order valence-corrected chi connectivity index (χ2v) is 4.11. The van der Waals surface area contributed by atoms with Gasteiger partial charge in [-0.25, -0.2) is 4.68 Å². The van der Waals surface area contributed by atoms with Gasteiger partial charge in [0.1, 0.15) is 0 Å². The Hall–Kier alpha value is -2.43. The van der Waals surface area contributed by atoms with Crippen LogP contribution in [0.5, 0.6) is 0 Å². The first-order valence-electron chi connectivity index (χ1n) is 6.00. The quantitative estimate of drug-likeness (QED) is 0.900. The molecule has 1 N–H and O–H groups in total. The van der Waals surface area contributed by atoms with Crippen molar-refractivity contribution in [2.45, 2.75) is 19.8 Å². The highest BCUT2D eigenvalue weighted by molar-refractivity contribution is 5.70. The summed E-state index contributed by atoms with van der Waals surface area (Å²) in [5.74, 6) is -1.02. The van der Waals surface area contributed by atoms with Crippen LogP contribution < -0.4 is 5.43 Å². The standard InChI is InChI=1S/C14H14N2O3/c1-2-12-11(8-14(18)19)13(17)9-15-16(12)10-6-4-3-5-7-10/h3-7,9H,2,8H2,1H3,(H,18,19). The average Bonchev–Trinajstić information content (AvgIpc) is 2.41. The topological polar surface area (TPSA) is 72.2 Å². The predicted octanol–water partition coefficient (Wildman–Crippen LogP) is 1.42. The summed E-state index contributed by atoms with van der Waals surface area (Å²) in [6.07, 6.45) is 1.43. The van der Waals surface area contributed by atoms with Gasteiger partial charge in [0, 0.05) is 5.56 Å². The number of aromatic nitrogens is 2. The van der Waals surface area contributed by atoms with Crippen molar-refractivity contribution in [1.29, 1.82) is 0 Å². The maximum atomic E-state index is 11.8. The summed E-state index contributed by atoms with van der Waals surface area (Å²) in [4.78, 5) is 22.6. The van der Waals surface area contributed by atoms with Crippen molar-refractivity contribution in [3.63, 3.8) is 0 Å². The molecule has 19 heavy (non-hydrogen) atoms. The highest BCUT2D eigenvalue weighted by Gasteiger charge is 2.14. The molecule has 5 heteroatoms. The molecule has 0 saturated carbocycles. The number of hydrogen-bond acceptors (Lipinski definition) is 3. The van der Waals surface area contributed by atoms with Crippen LogP contribution in [0.15, 0.2) is 41.3 Å². The van der Waals surface area contributed by atoms with Crippen molar-refractivity contribution in [1.82, 2.24) is 9.78 Å². The number of nitrogens with zero attached hydrogens (tertiary/aromatic N) is 2. The predicted molar refractivity (Wildman–Crippen MR) is 70.6 cm³/mol. The van der Waals surface area contributed by atoms with Gasteiger partial charge in [-0.05, 0) is 18.6 Å². The summed E-state index contributed by atoms with van der Waals surface area (Å²) in [6, 6.07) is 9.34. The molecule has 0 amide bonds. The van der Waals surface area contributed by atoms with E-state index < -0.39 is 5.97 Å². The maximum absolute atomic E-state index is 11.8. The van der Waals surface area contributed by atoms with E-state index in [1.165, 1.54) is 6.20 Å². The minimum atomic E-state index is -1.02. The molecule has 2 aromatic rings. The largest absolute Gasteiger partial charge is 0.481 e. The number of carboxylic acids is 1. The molecule has 0 unspecified atom stereocenters. The SMILES string of the molecule is CCc1c(CC(=O)O)c(=O)cnn1-c1ccccc1. The van der Waals surface area contributed by atoms with E-state index in [1.807, 2.05) is 37.3 Å². The Balaban J connectivity index is 2.63. The number of aliphatic carboxylic acids is 1. The summed E-state index contributed by atoms with van der Waals surface area (Å²) in [7, 11) is 0. The molecule has 0 spiro atoms. The van der Waals surface area contributed by atoms with Crippen LogP contribution in [0.3, 0.4) is 0 Å². The summed E-state index contributed by atoms with van der Waals surface area (Å²) in [5.41, 5.74) is 1.42. The van der Waals surface area contributed by atoms with Crippen LogP contribution in [0.2, 0.25) is 0 Å². The molecule has 0 radical (unpaired) electrons. The van der Waals surface area contributed by atoms with E-state index in [4.69, 9.17) is 5.11 Å². The number of benzene rings is 1. The van der Waals surface area contributed by atoms with Gasteiger partial charge in [-0.15, -0.1) is 0 Å². The highest BCUT2D eigenvalue weighted by atomic mass is 16.4. The zero-order valence-corrected chi connectivity index (χ0v) is 10.5. The van der Waals surface area contributed by atoms with E-state index in [9.17, 15) is 9.59 Å². The number of carboxylic acid groups (broad SMARTS) is 1. The van der Waals surface area contributed by atoms with Gasteiger partial charge < -0.3 is 5.11 Å². The van der Waals surface area contributed by atoms with Crippen LogP contribution in [0.4, 0.5) is 0 Å². The van der Waals surface area contributed by atoms with Crippen LogP contribution >= 0.6 is 0 Å². The molecule has 0 fully saturated rings. The van der Waals surface area contributed by atoms with Gasteiger partial charge in [0.2, 0.25) is 5.43 Å². The zero-order valence-electron chi connectivity index (χ0n) is 10.5. The van der Waals surface area contributed by atoms with Crippen molar-refractivity contribution in [2.24, 2.45) is 0 Å². The molecule has 1 aromatic carbocycles. The van der Waals surface area contributed by atoms with Crippen molar-refractivity contribution in [3.05, 3.63) is 58.0 Å². The van der Waals surface area contributed by atoms with Crippen LogP contribution in [-0.2, 0) is 17.6 Å². The van der Waals surface area contributed by atoms with Crippen LogP contribution in [-0.4, -0.2) is 20.9 Å². The van der Waals surface area contributed by atoms with Crippen molar-refractivity contribution in [2.75, 3.05) is 0 Å². The molecular formula is C14H14N2O3. The maximum Gasteiger partial charge on any atom is 0.308 e. The molecule has 1 aromatic heterocycles. The van der Waals surface area contributed by atoms with Crippen molar-refractivity contribution < 1.29 is 9.90 Å². The first-order valence-corrected chi connectivity index (χ1v) is 6.00. The van der Waals surface area contributed by atoms with Gasteiger partial charge in [-0.1, -0.05) is 25.1 Å². The fourth-order valence-corrected chi connectivity index (χ4v) is 2.02. The lowest BCUT2D eigenvalue weighted by molar-refractivity contribution is -0.136. The van der Waals surface area contributed by atoms with Crippen molar-refractivity contribution >= 4 is 5.97 Å². The number of rotatable bonds is 4. The van der Waals surface area contributed by atoms with Gasteiger partial charge >= 0.3 is 5.97 Å². The van der Waals surface area contributed by atoms with E-state index in [-0.39, 0.29) is 11.8 Å². The average molecular weight is 258 g/mol. The molecule has 1 heterocycles. The first kappa shape index (κ1) is 13.0. The lowest BCUT2D eigenvalue weighted by Crippen LogP contribution is -2.22. The third-order valence-electron chi connectivity index (χ3n) is 2.86. The molecular weight excluding hydrogens is 244 g/mol. The van der Waals surface area contributed by atoms with E-state index in [2.05, 4.69) is 5.10 Å². The van der Waals surface area contributed by atoms with Gasteiger partial charge in [0.25, 0.3) is 0 Å². The zero-order chi connectivity index (χ0) is 13.8. The van der Waals surface area contributed by atoms with E-state index in [0.29, 0.717) is 17.7 Å². The third-order valence-corrected chi connectivity index (χ3v) is 2.86. The Morgan fingerprint density at radius 3 is 2.58 bits per heavy atom. The fourth-order valence-electron chi connectivity index (χ4n) is 2.02. The minimum absolute atomic E-state index is 0.280. The normalized spacial score (nSPS) is 10.4.